The highest BCUT2D eigenvalue weighted by Gasteiger charge is 2.33. The predicted octanol–water partition coefficient (Wildman–Crippen LogP) is 1.55. The summed E-state index contributed by atoms with van der Waals surface area (Å²) < 4.78 is 5.18. The monoisotopic (exact) mass is 319 g/mol. The van der Waals surface area contributed by atoms with Crippen LogP contribution in [0.4, 0.5) is 11.5 Å². The van der Waals surface area contributed by atoms with Gasteiger partial charge in [0.2, 0.25) is 0 Å². The van der Waals surface area contributed by atoms with E-state index < -0.39 is 23.1 Å². The molecule has 0 radical (unpaired) electrons. The smallest absolute Gasteiger partial charge is 0.331 e. The minimum atomic E-state index is -1.52. The van der Waals surface area contributed by atoms with E-state index in [-0.39, 0.29) is 6.54 Å². The number of hydrogen-bond donors (Lipinski definition) is 3. The van der Waals surface area contributed by atoms with Crippen molar-refractivity contribution in [1.82, 2.24) is 4.98 Å². The molecule has 7 nitrogen and oxygen atoms in total. The summed E-state index contributed by atoms with van der Waals surface area (Å²) in [5, 5.41) is 15.5. The molecule has 1 aliphatic heterocycles. The second kappa shape index (κ2) is 6.00. The normalized spacial score (nSPS) is 21.2. The Labute approximate surface area is 134 Å². The summed E-state index contributed by atoms with van der Waals surface area (Å²) in [4.78, 5) is 27.6. The van der Waals surface area contributed by atoms with Gasteiger partial charge in [-0.25, -0.2) is 9.78 Å². The Morgan fingerprint density at radius 2 is 2.17 bits per heavy atom. The number of anilines is 2. The van der Waals surface area contributed by atoms with E-state index in [1.54, 1.807) is 32.9 Å². The number of ether oxygens (including phenoxy) is 1. The van der Waals surface area contributed by atoms with Crippen LogP contribution in [-0.2, 0) is 14.3 Å². The lowest BCUT2D eigenvalue weighted by Crippen LogP contribution is -2.43. The molecule has 2 rings (SSSR count). The second-order valence-corrected chi connectivity index (χ2v) is 6.61. The van der Waals surface area contributed by atoms with Gasteiger partial charge in [-0.1, -0.05) is 0 Å². The molecule has 7 heteroatoms. The van der Waals surface area contributed by atoms with Crippen LogP contribution in [0.3, 0.4) is 0 Å². The van der Waals surface area contributed by atoms with E-state index in [4.69, 9.17) is 4.74 Å². The quantitative estimate of drug-likeness (QED) is 0.565. The first-order valence-corrected chi connectivity index (χ1v) is 7.26. The Hall–Kier alpha value is -2.41. The molecule has 0 spiro atoms. The lowest BCUT2D eigenvalue weighted by molar-refractivity contribution is -0.148. The van der Waals surface area contributed by atoms with Gasteiger partial charge in [-0.05, 0) is 45.4 Å². The maximum Gasteiger partial charge on any atom is 0.331 e. The lowest BCUT2D eigenvalue weighted by Gasteiger charge is -2.18. The van der Waals surface area contributed by atoms with E-state index in [2.05, 4.69) is 15.6 Å². The standard InChI is InChI=1S/C16H21N3O4/c1-15(2,3)23-12(20)6-5-10-7-11-13(17-8-10)19-14(21)16(4,22)9-18-11/h5-8,18,22H,9H2,1-4H3,(H,17,19,21)/b6-5+/t16-/m1/s1. The van der Waals surface area contributed by atoms with Crippen molar-refractivity contribution >= 4 is 29.5 Å². The number of hydrogen-bond acceptors (Lipinski definition) is 6. The minimum absolute atomic E-state index is 0.0622. The molecule has 23 heavy (non-hydrogen) atoms. The van der Waals surface area contributed by atoms with Gasteiger partial charge in [0.1, 0.15) is 5.60 Å². The Balaban J connectivity index is 2.15. The van der Waals surface area contributed by atoms with Crippen molar-refractivity contribution in [3.8, 4) is 0 Å². The summed E-state index contributed by atoms with van der Waals surface area (Å²) in [5.74, 6) is -0.632. The number of fused-ring (bicyclic) bond motifs is 1. The van der Waals surface area contributed by atoms with E-state index in [1.165, 1.54) is 19.2 Å². The molecule has 0 bridgehead atoms. The maximum atomic E-state index is 11.8. The van der Waals surface area contributed by atoms with Gasteiger partial charge in [0.05, 0.1) is 12.2 Å². The van der Waals surface area contributed by atoms with Gasteiger partial charge in [0, 0.05) is 12.3 Å². The fourth-order valence-electron chi connectivity index (χ4n) is 1.90. The number of pyridine rings is 1. The zero-order valence-electron chi connectivity index (χ0n) is 13.6. The second-order valence-electron chi connectivity index (χ2n) is 6.61. The van der Waals surface area contributed by atoms with Crippen LogP contribution in [-0.4, -0.2) is 39.7 Å². The number of aromatic nitrogens is 1. The maximum absolute atomic E-state index is 11.8. The third kappa shape index (κ3) is 4.53. The molecule has 124 valence electrons. The fraction of sp³-hybridized carbons (Fsp3) is 0.438. The molecule has 0 saturated heterocycles. The first-order valence-electron chi connectivity index (χ1n) is 7.26. The molecule has 1 aromatic heterocycles. The molecule has 0 saturated carbocycles. The van der Waals surface area contributed by atoms with E-state index in [9.17, 15) is 14.7 Å². The third-order valence-electron chi connectivity index (χ3n) is 3.07. The highest BCUT2D eigenvalue weighted by atomic mass is 16.6. The predicted molar refractivity (Wildman–Crippen MR) is 86.9 cm³/mol. The lowest BCUT2D eigenvalue weighted by atomic mass is 10.1. The molecular formula is C16H21N3O4. The zero-order valence-corrected chi connectivity index (χ0v) is 13.6. The number of carbonyl (C=O) groups is 2. The number of esters is 1. The molecular weight excluding hydrogens is 298 g/mol. The molecule has 1 atom stereocenters. The van der Waals surface area contributed by atoms with Crippen LogP contribution in [0.25, 0.3) is 6.08 Å². The van der Waals surface area contributed by atoms with E-state index in [0.29, 0.717) is 17.1 Å². The van der Waals surface area contributed by atoms with E-state index >= 15 is 0 Å². The van der Waals surface area contributed by atoms with Gasteiger partial charge in [0.25, 0.3) is 5.91 Å². The molecule has 3 N–H and O–H groups in total. The molecule has 1 aliphatic rings. The van der Waals surface area contributed by atoms with Crippen LogP contribution < -0.4 is 10.6 Å². The molecule has 2 heterocycles. The number of rotatable bonds is 2. The van der Waals surface area contributed by atoms with Gasteiger partial charge in [-0.2, -0.15) is 0 Å². The SMILES string of the molecule is CC(C)(C)OC(=O)/C=C/c1cnc2c(c1)NC[C@@](C)(O)C(=O)N2. The average Bonchev–Trinajstić information content (AvgIpc) is 2.52. The fourth-order valence-corrected chi connectivity index (χ4v) is 1.90. The van der Waals surface area contributed by atoms with Gasteiger partial charge in [-0.15, -0.1) is 0 Å². The first-order chi connectivity index (χ1) is 10.6. The van der Waals surface area contributed by atoms with Crippen molar-refractivity contribution in [3.05, 3.63) is 23.9 Å². The third-order valence-corrected chi connectivity index (χ3v) is 3.07. The van der Waals surface area contributed by atoms with Crippen molar-refractivity contribution < 1.29 is 19.4 Å². The average molecular weight is 319 g/mol. The summed E-state index contributed by atoms with van der Waals surface area (Å²) in [6.45, 7) is 6.86. The van der Waals surface area contributed by atoms with Gasteiger partial charge >= 0.3 is 5.97 Å². The number of amides is 1. The van der Waals surface area contributed by atoms with Gasteiger partial charge < -0.3 is 20.5 Å². The summed E-state index contributed by atoms with van der Waals surface area (Å²) in [6.07, 6.45) is 4.41. The molecule has 0 aliphatic carbocycles. The van der Waals surface area contributed by atoms with Crippen molar-refractivity contribution in [2.24, 2.45) is 0 Å². The Morgan fingerprint density at radius 3 is 2.83 bits per heavy atom. The van der Waals surface area contributed by atoms with Crippen molar-refractivity contribution in [2.45, 2.75) is 38.9 Å². The molecule has 0 fully saturated rings. The number of β-amino-alcohol motifs (C(OH)–C–C–N with tert-alkyl or cyclic N) is 1. The van der Waals surface area contributed by atoms with E-state index in [0.717, 1.165) is 0 Å². The molecule has 0 aromatic carbocycles. The summed E-state index contributed by atoms with van der Waals surface area (Å²) >= 11 is 0. The van der Waals surface area contributed by atoms with Gasteiger partial charge in [0.15, 0.2) is 11.4 Å². The number of aliphatic hydroxyl groups is 1. The topological polar surface area (TPSA) is 101 Å². The molecule has 1 amide bonds. The van der Waals surface area contributed by atoms with Crippen LogP contribution in [0.5, 0.6) is 0 Å². The number of carbonyl (C=O) groups excluding carboxylic acids is 2. The van der Waals surface area contributed by atoms with Crippen molar-refractivity contribution in [3.63, 3.8) is 0 Å². The van der Waals surface area contributed by atoms with Crippen LogP contribution in [0.15, 0.2) is 18.3 Å². The summed E-state index contributed by atoms with van der Waals surface area (Å²) in [7, 11) is 0. The number of nitrogens with zero attached hydrogens (tertiary/aromatic N) is 1. The van der Waals surface area contributed by atoms with Crippen LogP contribution in [0, 0.1) is 0 Å². The Morgan fingerprint density at radius 1 is 1.48 bits per heavy atom. The largest absolute Gasteiger partial charge is 0.457 e. The molecule has 1 aromatic rings. The number of nitrogens with one attached hydrogen (secondary N) is 2. The van der Waals surface area contributed by atoms with Crippen molar-refractivity contribution in [2.75, 3.05) is 17.2 Å². The van der Waals surface area contributed by atoms with E-state index in [1.807, 2.05) is 0 Å². The summed E-state index contributed by atoms with van der Waals surface area (Å²) in [6, 6.07) is 1.73. The van der Waals surface area contributed by atoms with Gasteiger partial charge in [-0.3, -0.25) is 4.79 Å². The summed E-state index contributed by atoms with van der Waals surface area (Å²) in [5.41, 5.74) is -0.835. The highest BCUT2D eigenvalue weighted by Crippen LogP contribution is 2.25. The van der Waals surface area contributed by atoms with Crippen LogP contribution >= 0.6 is 0 Å². The zero-order chi connectivity index (χ0) is 17.3. The minimum Gasteiger partial charge on any atom is -0.457 e. The first kappa shape index (κ1) is 17.0. The van der Waals surface area contributed by atoms with Crippen LogP contribution in [0.1, 0.15) is 33.3 Å². The highest BCUT2D eigenvalue weighted by molar-refractivity contribution is 6.00. The van der Waals surface area contributed by atoms with Crippen molar-refractivity contribution in [1.29, 1.82) is 0 Å². The molecule has 0 unspecified atom stereocenters. The van der Waals surface area contributed by atoms with Crippen LogP contribution in [0.2, 0.25) is 0 Å². The Bertz CT molecular complexity index is 660. The Kier molecular flexibility index (Phi) is 4.42.